The van der Waals surface area contributed by atoms with Crippen molar-refractivity contribution in [3.05, 3.63) is 162 Å². The molecule has 0 amide bonds. The van der Waals surface area contributed by atoms with Crippen molar-refractivity contribution in [1.82, 2.24) is 9.13 Å². The van der Waals surface area contributed by atoms with Gasteiger partial charge in [-0.3, -0.25) is 0 Å². The molecule has 0 fully saturated rings. The zero-order chi connectivity index (χ0) is 35.3. The molecule has 2 heterocycles. The zero-order valence-corrected chi connectivity index (χ0v) is 30.9. The van der Waals surface area contributed by atoms with E-state index in [1.165, 1.54) is 85.1 Å². The second-order valence-electron chi connectivity index (χ2n) is 16.6. The highest BCUT2D eigenvalue weighted by Gasteiger charge is 2.45. The Labute approximate surface area is 312 Å². The van der Waals surface area contributed by atoms with E-state index in [2.05, 4.69) is 163 Å². The summed E-state index contributed by atoms with van der Waals surface area (Å²) in [6.45, 7) is 4.91. The Morgan fingerprint density at radius 2 is 1.17 bits per heavy atom. The highest BCUT2D eigenvalue weighted by atomic mass is 15.0. The van der Waals surface area contributed by atoms with E-state index in [4.69, 9.17) is 0 Å². The molecule has 0 spiro atoms. The molecule has 3 unspecified atom stereocenters. The fourth-order valence-corrected chi connectivity index (χ4v) is 11.1. The number of nitrogens with zero attached hydrogens (tertiary/aromatic N) is 2. The lowest BCUT2D eigenvalue weighted by Crippen LogP contribution is -2.23. The average Bonchev–Trinajstić information content (AvgIpc) is 3.81. The topological polar surface area (TPSA) is 9.86 Å². The molecule has 2 heteroatoms. The van der Waals surface area contributed by atoms with Gasteiger partial charge < -0.3 is 9.13 Å². The summed E-state index contributed by atoms with van der Waals surface area (Å²) in [5.74, 6) is 0.573. The number of hydrogen-bond acceptors (Lipinski definition) is 0. The molecule has 7 aromatic rings. The molecule has 2 nitrogen and oxygen atoms in total. The highest BCUT2D eigenvalue weighted by molar-refractivity contribution is 6.11. The van der Waals surface area contributed by atoms with Crippen molar-refractivity contribution in [3.8, 4) is 11.1 Å². The molecule has 0 aliphatic heterocycles. The van der Waals surface area contributed by atoms with E-state index >= 15 is 0 Å². The van der Waals surface area contributed by atoms with E-state index in [0.29, 0.717) is 18.0 Å². The molecule has 0 saturated heterocycles. The first kappa shape index (κ1) is 31.2. The molecule has 0 saturated carbocycles. The van der Waals surface area contributed by atoms with Crippen LogP contribution < -0.4 is 0 Å². The number of fused-ring (bicyclic) bond motifs is 8. The zero-order valence-electron chi connectivity index (χ0n) is 30.9. The van der Waals surface area contributed by atoms with Crippen LogP contribution in [-0.4, -0.2) is 9.13 Å². The van der Waals surface area contributed by atoms with Crippen LogP contribution in [0.1, 0.15) is 76.4 Å². The third kappa shape index (κ3) is 4.70. The minimum atomic E-state index is 0.157. The minimum Gasteiger partial charge on any atom is -0.337 e. The molecule has 3 atom stereocenters. The van der Waals surface area contributed by atoms with E-state index in [9.17, 15) is 0 Å². The first-order valence-electron chi connectivity index (χ1n) is 20.0. The Kier molecular flexibility index (Phi) is 6.97. The lowest BCUT2D eigenvalue weighted by Gasteiger charge is -2.34. The van der Waals surface area contributed by atoms with Gasteiger partial charge in [0.1, 0.15) is 0 Å². The number of aromatic nitrogens is 2. The highest BCUT2D eigenvalue weighted by Crippen LogP contribution is 2.58. The summed E-state index contributed by atoms with van der Waals surface area (Å²) in [6.07, 6.45) is 18.0. The van der Waals surface area contributed by atoms with Crippen molar-refractivity contribution >= 4 is 49.2 Å². The van der Waals surface area contributed by atoms with Crippen molar-refractivity contribution in [2.24, 2.45) is 11.3 Å². The van der Waals surface area contributed by atoms with Gasteiger partial charge >= 0.3 is 0 Å². The first-order chi connectivity index (χ1) is 26.0. The predicted molar refractivity (Wildman–Crippen MR) is 224 cm³/mol. The number of para-hydroxylation sites is 2. The first-order valence-corrected chi connectivity index (χ1v) is 20.0. The fraction of sp³-hybridized carbons (Fsp3) is 0.255. The molecule has 53 heavy (non-hydrogen) atoms. The van der Waals surface area contributed by atoms with Crippen LogP contribution in [0.3, 0.4) is 0 Å². The number of benzene rings is 5. The summed E-state index contributed by atoms with van der Waals surface area (Å²) in [5, 5.41) is 5.44. The van der Waals surface area contributed by atoms with Gasteiger partial charge in [-0.15, -0.1) is 0 Å². The van der Waals surface area contributed by atoms with Gasteiger partial charge in [0.2, 0.25) is 0 Å². The van der Waals surface area contributed by atoms with Crippen molar-refractivity contribution in [2.75, 3.05) is 0 Å². The Morgan fingerprint density at radius 1 is 0.566 bits per heavy atom. The third-order valence-electron chi connectivity index (χ3n) is 13.5. The molecule has 260 valence electrons. The second kappa shape index (κ2) is 11.8. The van der Waals surface area contributed by atoms with Gasteiger partial charge in [-0.05, 0) is 109 Å². The summed E-state index contributed by atoms with van der Waals surface area (Å²) in [4.78, 5) is 0. The van der Waals surface area contributed by atoms with Gasteiger partial charge in [-0.1, -0.05) is 128 Å². The molecule has 5 aromatic carbocycles. The number of rotatable bonds is 4. The van der Waals surface area contributed by atoms with Crippen molar-refractivity contribution in [3.63, 3.8) is 0 Å². The summed E-state index contributed by atoms with van der Waals surface area (Å²) in [5.41, 5.74) is 16.0. The molecular formula is C51H46N2. The molecule has 0 bridgehead atoms. The second-order valence-corrected chi connectivity index (χ2v) is 16.6. The maximum atomic E-state index is 2.70. The van der Waals surface area contributed by atoms with Crippen LogP contribution in [0.15, 0.2) is 156 Å². The number of hydrogen-bond donors (Lipinski definition) is 0. The minimum absolute atomic E-state index is 0.157. The number of allylic oxidation sites excluding steroid dienone is 8. The fourth-order valence-electron chi connectivity index (χ4n) is 11.1. The summed E-state index contributed by atoms with van der Waals surface area (Å²) in [7, 11) is 0. The van der Waals surface area contributed by atoms with Crippen LogP contribution in [0.25, 0.3) is 60.3 Å². The SMILES string of the molecule is CC1(C)C2=CCC(n3c4ccccc4c4cc(-c5ccc6c(c5)c5ccccc5n6C5CC=C(c6ccccc6)CC5)ccc43)CC2C2=C1C=CCC2. The van der Waals surface area contributed by atoms with Gasteiger partial charge in [-0.2, -0.15) is 0 Å². The van der Waals surface area contributed by atoms with Gasteiger partial charge in [0.15, 0.2) is 0 Å². The Bertz CT molecular complexity index is 2740. The Morgan fingerprint density at radius 3 is 1.83 bits per heavy atom. The maximum absolute atomic E-state index is 2.70. The van der Waals surface area contributed by atoms with Gasteiger partial charge in [0, 0.05) is 67.0 Å². The monoisotopic (exact) mass is 686 g/mol. The van der Waals surface area contributed by atoms with Crippen LogP contribution in [-0.2, 0) is 0 Å². The lowest BCUT2D eigenvalue weighted by molar-refractivity contribution is 0.392. The molecule has 0 radical (unpaired) electrons. The van der Waals surface area contributed by atoms with Crippen LogP contribution in [0.2, 0.25) is 0 Å². The van der Waals surface area contributed by atoms with Crippen LogP contribution in [0, 0.1) is 11.3 Å². The smallest absolute Gasteiger partial charge is 0.0494 e. The quantitative estimate of drug-likeness (QED) is 0.163. The van der Waals surface area contributed by atoms with Gasteiger partial charge in [0.05, 0.1) is 0 Å². The van der Waals surface area contributed by atoms with E-state index in [1.54, 1.807) is 16.7 Å². The normalized spacial score (nSPS) is 22.4. The maximum Gasteiger partial charge on any atom is 0.0494 e. The summed E-state index contributed by atoms with van der Waals surface area (Å²) < 4.78 is 5.34. The molecule has 4 aliphatic rings. The molecule has 11 rings (SSSR count). The predicted octanol–water partition coefficient (Wildman–Crippen LogP) is 13.9. The van der Waals surface area contributed by atoms with Crippen LogP contribution >= 0.6 is 0 Å². The Hall–Kier alpha value is -5.34. The summed E-state index contributed by atoms with van der Waals surface area (Å²) >= 11 is 0. The van der Waals surface area contributed by atoms with E-state index in [1.807, 2.05) is 0 Å². The standard InChI is InChI=1S/C51H46N2/c1-51(2)45-17-9-6-14-39(45)42-32-38(26-27-46(42)51)53-48-19-11-8-16-41(48)44-31-36(23-29-50(44)53)35-22-28-49-43(30-35)40-15-7-10-18-47(40)52(49)37-24-20-34(21-25-37)33-12-4-3-5-13-33/h3-5,7-13,15-20,22-23,27-31,37-38,42H,6,14,21,24-26,32H2,1-2H3. The van der Waals surface area contributed by atoms with Crippen LogP contribution in [0.5, 0.6) is 0 Å². The van der Waals surface area contributed by atoms with Crippen molar-refractivity contribution in [1.29, 1.82) is 0 Å². The molecule has 2 aromatic heterocycles. The Balaban J connectivity index is 0.981. The van der Waals surface area contributed by atoms with E-state index < -0.39 is 0 Å². The van der Waals surface area contributed by atoms with Crippen molar-refractivity contribution < 1.29 is 0 Å². The van der Waals surface area contributed by atoms with E-state index in [0.717, 1.165) is 25.7 Å². The molecule has 4 aliphatic carbocycles. The summed E-state index contributed by atoms with van der Waals surface area (Å²) in [6, 6.07) is 44.5. The van der Waals surface area contributed by atoms with E-state index in [-0.39, 0.29) is 5.41 Å². The van der Waals surface area contributed by atoms with Gasteiger partial charge in [0.25, 0.3) is 0 Å². The van der Waals surface area contributed by atoms with Crippen LogP contribution in [0.4, 0.5) is 0 Å². The molecule has 0 N–H and O–H groups in total. The molecular weight excluding hydrogens is 641 g/mol. The average molecular weight is 687 g/mol. The largest absolute Gasteiger partial charge is 0.337 e. The lowest BCUT2D eigenvalue weighted by atomic mass is 9.74. The van der Waals surface area contributed by atoms with Gasteiger partial charge in [-0.25, -0.2) is 0 Å². The third-order valence-corrected chi connectivity index (χ3v) is 13.5. The van der Waals surface area contributed by atoms with Crippen molar-refractivity contribution in [2.45, 2.75) is 70.9 Å².